The van der Waals surface area contributed by atoms with Crippen LogP contribution >= 0.6 is 0 Å². The normalized spacial score (nSPS) is 14.1. The van der Waals surface area contributed by atoms with E-state index in [2.05, 4.69) is 5.16 Å². The number of hydrogen-bond donors (Lipinski definition) is 1. The molecule has 82 valence electrons. The molecule has 15 heavy (non-hydrogen) atoms. The summed E-state index contributed by atoms with van der Waals surface area (Å²) < 4.78 is 0. The fourth-order valence-electron chi connectivity index (χ4n) is 1.17. The molecule has 3 heteroatoms. The topological polar surface area (TPSA) is 47.6 Å². The third-order valence-corrected chi connectivity index (χ3v) is 1.86. The van der Waals surface area contributed by atoms with Gasteiger partial charge in [-0.2, -0.15) is 0 Å². The van der Waals surface area contributed by atoms with Crippen LogP contribution in [0, 0.1) is 0 Å². The number of hydrogen-bond acceptors (Lipinski definition) is 3. The Kier molecular flexibility index (Phi) is 4.31. The first-order valence-electron chi connectivity index (χ1n) is 5.16. The molecule has 0 radical (unpaired) electrons. The molecule has 0 bridgehead atoms. The average Bonchev–Trinajstić information content (AvgIpc) is 2.18. The monoisotopic (exact) mass is 206 g/mol. The van der Waals surface area contributed by atoms with Crippen molar-refractivity contribution in [2.75, 3.05) is 0 Å². The van der Waals surface area contributed by atoms with Crippen molar-refractivity contribution >= 4 is 5.71 Å². The summed E-state index contributed by atoms with van der Waals surface area (Å²) in [5.74, 6) is 0. The van der Waals surface area contributed by atoms with Gasteiger partial charge in [0.1, 0.15) is 11.8 Å². The lowest BCUT2D eigenvalue weighted by Gasteiger charge is -2.11. The van der Waals surface area contributed by atoms with E-state index >= 15 is 0 Å². The zero-order valence-corrected chi connectivity index (χ0v) is 9.47. The molecule has 1 aromatic rings. The average molecular weight is 206 g/mol. The van der Waals surface area contributed by atoms with E-state index in [1.807, 2.05) is 51.1 Å². The van der Waals surface area contributed by atoms with Crippen molar-refractivity contribution in [3.8, 4) is 0 Å². The molecule has 0 saturated heterocycles. The molecular weight excluding hydrogens is 188 g/mol. The minimum atomic E-state index is -0.133. The van der Waals surface area contributed by atoms with Crippen molar-refractivity contribution in [3.63, 3.8) is 0 Å². The van der Waals surface area contributed by atoms with Crippen molar-refractivity contribution in [2.45, 2.75) is 32.9 Å². The smallest absolute Gasteiger partial charge is 0.122 e. The van der Waals surface area contributed by atoms with Gasteiger partial charge >= 0.3 is 0 Å². The van der Waals surface area contributed by atoms with Crippen LogP contribution in [0.15, 0.2) is 35.5 Å². The standard InChI is InChI=1S/C12H18N2O/c1-9(2)15-14-12(10(3)13)11-7-5-4-6-8-11/h4-10H,13H2,1-3H3. The molecule has 0 aliphatic heterocycles. The van der Waals surface area contributed by atoms with Gasteiger partial charge in [-0.15, -0.1) is 0 Å². The van der Waals surface area contributed by atoms with Crippen LogP contribution in [0.2, 0.25) is 0 Å². The molecule has 1 atom stereocenters. The third kappa shape index (κ3) is 3.72. The van der Waals surface area contributed by atoms with Gasteiger partial charge in [-0.25, -0.2) is 0 Å². The molecule has 0 aromatic heterocycles. The molecule has 0 spiro atoms. The molecule has 0 amide bonds. The van der Waals surface area contributed by atoms with E-state index in [1.165, 1.54) is 0 Å². The van der Waals surface area contributed by atoms with Gasteiger partial charge in [0.05, 0.1) is 0 Å². The second kappa shape index (κ2) is 5.51. The Morgan fingerprint density at radius 2 is 1.80 bits per heavy atom. The minimum absolute atomic E-state index is 0.0717. The van der Waals surface area contributed by atoms with Gasteiger partial charge in [-0.1, -0.05) is 35.5 Å². The molecule has 1 rings (SSSR count). The Labute approximate surface area is 90.9 Å². The third-order valence-electron chi connectivity index (χ3n) is 1.86. The number of rotatable bonds is 4. The van der Waals surface area contributed by atoms with Gasteiger partial charge < -0.3 is 10.6 Å². The lowest BCUT2D eigenvalue weighted by Crippen LogP contribution is -2.28. The van der Waals surface area contributed by atoms with Gasteiger partial charge in [0, 0.05) is 11.6 Å². The SMILES string of the molecule is CC(C)ON=C(c1ccccc1)C(C)N. The summed E-state index contributed by atoms with van der Waals surface area (Å²) >= 11 is 0. The number of nitrogens with zero attached hydrogens (tertiary/aromatic N) is 1. The fourth-order valence-corrected chi connectivity index (χ4v) is 1.17. The highest BCUT2D eigenvalue weighted by atomic mass is 16.6. The van der Waals surface area contributed by atoms with E-state index in [1.54, 1.807) is 0 Å². The first kappa shape index (κ1) is 11.7. The van der Waals surface area contributed by atoms with Crippen molar-refractivity contribution in [3.05, 3.63) is 35.9 Å². The number of oxime groups is 1. The Hall–Kier alpha value is -1.35. The van der Waals surface area contributed by atoms with Gasteiger partial charge in [-0.05, 0) is 20.8 Å². The summed E-state index contributed by atoms with van der Waals surface area (Å²) in [6.45, 7) is 5.77. The first-order valence-corrected chi connectivity index (χ1v) is 5.16. The van der Waals surface area contributed by atoms with Crippen molar-refractivity contribution in [1.29, 1.82) is 0 Å². The summed E-state index contributed by atoms with van der Waals surface area (Å²) in [5, 5.41) is 4.08. The second-order valence-corrected chi connectivity index (χ2v) is 3.79. The number of nitrogens with two attached hydrogens (primary N) is 1. The van der Waals surface area contributed by atoms with E-state index in [9.17, 15) is 0 Å². The largest absolute Gasteiger partial charge is 0.393 e. The Bertz CT molecular complexity index is 318. The summed E-state index contributed by atoms with van der Waals surface area (Å²) in [5.41, 5.74) is 7.63. The van der Waals surface area contributed by atoms with Crippen LogP contribution in [0.25, 0.3) is 0 Å². The van der Waals surface area contributed by atoms with E-state index in [4.69, 9.17) is 10.6 Å². The predicted octanol–water partition coefficient (Wildman–Crippen LogP) is 2.16. The summed E-state index contributed by atoms with van der Waals surface area (Å²) in [7, 11) is 0. The molecular formula is C12H18N2O. The molecule has 0 heterocycles. The Morgan fingerprint density at radius 3 is 2.27 bits per heavy atom. The maximum Gasteiger partial charge on any atom is 0.122 e. The van der Waals surface area contributed by atoms with Crippen molar-refractivity contribution < 1.29 is 4.84 Å². The Morgan fingerprint density at radius 1 is 1.20 bits per heavy atom. The maximum absolute atomic E-state index is 5.84. The molecule has 0 aliphatic carbocycles. The second-order valence-electron chi connectivity index (χ2n) is 3.79. The van der Waals surface area contributed by atoms with Crippen LogP contribution < -0.4 is 5.73 Å². The van der Waals surface area contributed by atoms with Crippen LogP contribution in [-0.4, -0.2) is 17.9 Å². The highest BCUT2D eigenvalue weighted by Gasteiger charge is 2.09. The molecule has 3 nitrogen and oxygen atoms in total. The van der Waals surface area contributed by atoms with Crippen LogP contribution in [-0.2, 0) is 4.84 Å². The van der Waals surface area contributed by atoms with Crippen LogP contribution in [0.1, 0.15) is 26.3 Å². The summed E-state index contributed by atoms with van der Waals surface area (Å²) in [6.07, 6.45) is 0.0717. The molecule has 0 saturated carbocycles. The zero-order valence-electron chi connectivity index (χ0n) is 9.47. The molecule has 0 aliphatic rings. The maximum atomic E-state index is 5.84. The molecule has 1 aromatic carbocycles. The molecule has 0 fully saturated rings. The van der Waals surface area contributed by atoms with E-state index in [0.29, 0.717) is 0 Å². The van der Waals surface area contributed by atoms with Crippen LogP contribution in [0.5, 0.6) is 0 Å². The predicted molar refractivity (Wildman–Crippen MR) is 62.8 cm³/mol. The molecule has 1 unspecified atom stereocenters. The van der Waals surface area contributed by atoms with E-state index in [0.717, 1.165) is 11.3 Å². The Balaban J connectivity index is 2.89. The quantitative estimate of drug-likeness (QED) is 0.606. The van der Waals surface area contributed by atoms with Gasteiger partial charge in [0.15, 0.2) is 0 Å². The zero-order chi connectivity index (χ0) is 11.3. The lowest BCUT2D eigenvalue weighted by atomic mass is 10.1. The first-order chi connectivity index (χ1) is 7.11. The van der Waals surface area contributed by atoms with Crippen molar-refractivity contribution in [1.82, 2.24) is 0 Å². The highest BCUT2D eigenvalue weighted by molar-refractivity contribution is 6.03. The summed E-state index contributed by atoms with van der Waals surface area (Å²) in [6, 6.07) is 9.71. The highest BCUT2D eigenvalue weighted by Crippen LogP contribution is 2.05. The van der Waals surface area contributed by atoms with E-state index < -0.39 is 0 Å². The molecule has 2 N–H and O–H groups in total. The van der Waals surface area contributed by atoms with Gasteiger partial charge in [0.2, 0.25) is 0 Å². The minimum Gasteiger partial charge on any atom is -0.393 e. The van der Waals surface area contributed by atoms with Crippen molar-refractivity contribution in [2.24, 2.45) is 10.9 Å². The van der Waals surface area contributed by atoms with Crippen LogP contribution in [0.4, 0.5) is 0 Å². The fraction of sp³-hybridized carbons (Fsp3) is 0.417. The van der Waals surface area contributed by atoms with Gasteiger partial charge in [0.25, 0.3) is 0 Å². The van der Waals surface area contributed by atoms with E-state index in [-0.39, 0.29) is 12.1 Å². The lowest BCUT2D eigenvalue weighted by molar-refractivity contribution is 0.0854. The number of benzene rings is 1. The summed E-state index contributed by atoms with van der Waals surface area (Å²) in [4.78, 5) is 5.23. The van der Waals surface area contributed by atoms with Crippen LogP contribution in [0.3, 0.4) is 0 Å². The van der Waals surface area contributed by atoms with Gasteiger partial charge in [-0.3, -0.25) is 0 Å².